The average Bonchev–Trinajstić information content (AvgIpc) is 2.27. The molecular weight excluding hydrogens is 276 g/mol. The topological polar surface area (TPSA) is 38.0 Å². The van der Waals surface area contributed by atoms with Gasteiger partial charge in [0.05, 0.1) is 5.69 Å². The highest BCUT2D eigenvalue weighted by Gasteiger charge is 2.03. The van der Waals surface area contributed by atoms with Gasteiger partial charge in [0, 0.05) is 15.8 Å². The van der Waals surface area contributed by atoms with Crippen LogP contribution in [0.15, 0.2) is 40.9 Å². The van der Waals surface area contributed by atoms with E-state index in [1.54, 1.807) is 0 Å². The molecule has 2 aromatic rings. The van der Waals surface area contributed by atoms with Crippen LogP contribution in [0.1, 0.15) is 11.1 Å². The number of benzene rings is 2. The van der Waals surface area contributed by atoms with Gasteiger partial charge in [-0.05, 0) is 65.2 Å². The summed E-state index contributed by atoms with van der Waals surface area (Å²) in [4.78, 5) is 0. The maximum absolute atomic E-state index is 5.72. The molecule has 0 bridgehead atoms. The number of hydrogen-bond acceptors (Lipinski definition) is 2. The molecule has 0 fully saturated rings. The Morgan fingerprint density at radius 3 is 2.47 bits per heavy atom. The van der Waals surface area contributed by atoms with Gasteiger partial charge in [0.15, 0.2) is 0 Å². The van der Waals surface area contributed by atoms with Crippen LogP contribution >= 0.6 is 15.9 Å². The lowest BCUT2D eigenvalue weighted by molar-refractivity contribution is 1.37. The molecule has 0 aliphatic heterocycles. The van der Waals surface area contributed by atoms with Crippen LogP contribution in [0.4, 0.5) is 17.1 Å². The largest absolute Gasteiger partial charge is 0.399 e. The van der Waals surface area contributed by atoms with Crippen LogP contribution < -0.4 is 11.1 Å². The second kappa shape index (κ2) is 4.80. The van der Waals surface area contributed by atoms with Crippen LogP contribution in [0.25, 0.3) is 0 Å². The Labute approximate surface area is 110 Å². The molecule has 3 N–H and O–H groups in total. The Hall–Kier alpha value is -1.48. The molecule has 0 aliphatic carbocycles. The monoisotopic (exact) mass is 290 g/mol. The Kier molecular flexibility index (Phi) is 3.38. The van der Waals surface area contributed by atoms with Gasteiger partial charge in [-0.3, -0.25) is 0 Å². The van der Waals surface area contributed by atoms with Crippen molar-refractivity contribution in [2.75, 3.05) is 11.1 Å². The fourth-order valence-corrected chi connectivity index (χ4v) is 2.14. The Morgan fingerprint density at radius 2 is 1.76 bits per heavy atom. The molecule has 0 saturated heterocycles. The van der Waals surface area contributed by atoms with Crippen LogP contribution in [-0.4, -0.2) is 0 Å². The van der Waals surface area contributed by atoms with Gasteiger partial charge in [-0.1, -0.05) is 12.1 Å². The summed E-state index contributed by atoms with van der Waals surface area (Å²) in [6, 6.07) is 12.1. The molecule has 0 saturated carbocycles. The zero-order valence-electron chi connectivity index (χ0n) is 9.92. The van der Waals surface area contributed by atoms with Gasteiger partial charge in [-0.2, -0.15) is 0 Å². The summed E-state index contributed by atoms with van der Waals surface area (Å²) in [5.41, 5.74) is 11.1. The van der Waals surface area contributed by atoms with Gasteiger partial charge >= 0.3 is 0 Å². The van der Waals surface area contributed by atoms with E-state index in [2.05, 4.69) is 53.3 Å². The molecule has 0 aromatic heterocycles. The molecule has 0 heterocycles. The summed E-state index contributed by atoms with van der Waals surface area (Å²) < 4.78 is 0.971. The first-order valence-corrected chi connectivity index (χ1v) is 6.25. The predicted octanol–water partition coefficient (Wildman–Crippen LogP) is 4.39. The number of hydrogen-bond donors (Lipinski definition) is 2. The van der Waals surface area contributed by atoms with E-state index >= 15 is 0 Å². The molecule has 0 atom stereocenters. The molecule has 2 nitrogen and oxygen atoms in total. The van der Waals surface area contributed by atoms with Crippen LogP contribution in [0.2, 0.25) is 0 Å². The summed E-state index contributed by atoms with van der Waals surface area (Å²) in [6.45, 7) is 4.18. The fraction of sp³-hybridized carbons (Fsp3) is 0.143. The van der Waals surface area contributed by atoms with E-state index in [0.29, 0.717) is 0 Å². The van der Waals surface area contributed by atoms with Gasteiger partial charge in [-0.25, -0.2) is 0 Å². The third-order valence-electron chi connectivity index (χ3n) is 2.66. The number of rotatable bonds is 2. The van der Waals surface area contributed by atoms with Gasteiger partial charge in [-0.15, -0.1) is 0 Å². The lowest BCUT2D eigenvalue weighted by Gasteiger charge is -2.12. The standard InChI is InChI=1S/C14H15BrN2/c1-9-3-4-10(2)14(7-9)17-13-6-5-11(16)8-12(13)15/h3-8,17H,16H2,1-2H3. The minimum Gasteiger partial charge on any atom is -0.399 e. The minimum atomic E-state index is 0.753. The van der Waals surface area contributed by atoms with Crippen molar-refractivity contribution in [3.63, 3.8) is 0 Å². The van der Waals surface area contributed by atoms with Crippen LogP contribution in [0.3, 0.4) is 0 Å². The lowest BCUT2D eigenvalue weighted by Crippen LogP contribution is -1.95. The molecule has 0 spiro atoms. The maximum Gasteiger partial charge on any atom is 0.0530 e. The Morgan fingerprint density at radius 1 is 1.00 bits per heavy atom. The van der Waals surface area contributed by atoms with E-state index < -0.39 is 0 Å². The second-order valence-electron chi connectivity index (χ2n) is 4.18. The van der Waals surface area contributed by atoms with E-state index in [0.717, 1.165) is 21.5 Å². The quantitative estimate of drug-likeness (QED) is 0.805. The van der Waals surface area contributed by atoms with Crippen molar-refractivity contribution in [3.05, 3.63) is 52.0 Å². The summed E-state index contributed by atoms with van der Waals surface area (Å²) in [7, 11) is 0. The van der Waals surface area contributed by atoms with Gasteiger partial charge in [0.1, 0.15) is 0 Å². The molecule has 3 heteroatoms. The van der Waals surface area contributed by atoms with E-state index in [1.165, 1.54) is 11.1 Å². The molecule has 2 rings (SSSR count). The van der Waals surface area contributed by atoms with E-state index in [1.807, 2.05) is 18.2 Å². The number of aryl methyl sites for hydroxylation is 2. The number of nitrogen functional groups attached to an aromatic ring is 1. The van der Waals surface area contributed by atoms with Crippen LogP contribution in [-0.2, 0) is 0 Å². The van der Waals surface area contributed by atoms with Crippen LogP contribution in [0.5, 0.6) is 0 Å². The molecule has 0 aliphatic rings. The normalized spacial score (nSPS) is 10.3. The third kappa shape index (κ3) is 2.80. The van der Waals surface area contributed by atoms with Crippen molar-refractivity contribution in [2.24, 2.45) is 0 Å². The van der Waals surface area contributed by atoms with Crippen molar-refractivity contribution in [3.8, 4) is 0 Å². The number of halogens is 1. The number of nitrogens with one attached hydrogen (secondary N) is 1. The van der Waals surface area contributed by atoms with Gasteiger partial charge in [0.2, 0.25) is 0 Å². The van der Waals surface area contributed by atoms with Crippen molar-refractivity contribution < 1.29 is 0 Å². The summed E-state index contributed by atoms with van der Waals surface area (Å²) in [5, 5.41) is 3.41. The van der Waals surface area contributed by atoms with Crippen molar-refractivity contribution in [1.82, 2.24) is 0 Å². The van der Waals surface area contributed by atoms with E-state index in [9.17, 15) is 0 Å². The SMILES string of the molecule is Cc1ccc(C)c(Nc2ccc(N)cc2Br)c1. The van der Waals surface area contributed by atoms with Crippen molar-refractivity contribution in [2.45, 2.75) is 13.8 Å². The first-order valence-electron chi connectivity index (χ1n) is 5.45. The highest BCUT2D eigenvalue weighted by atomic mass is 79.9. The zero-order valence-corrected chi connectivity index (χ0v) is 11.5. The molecule has 0 radical (unpaired) electrons. The molecule has 0 unspecified atom stereocenters. The first kappa shape index (κ1) is 12.0. The van der Waals surface area contributed by atoms with E-state index in [4.69, 9.17) is 5.73 Å². The van der Waals surface area contributed by atoms with Crippen LogP contribution in [0, 0.1) is 13.8 Å². The highest BCUT2D eigenvalue weighted by molar-refractivity contribution is 9.10. The average molecular weight is 291 g/mol. The Balaban J connectivity index is 2.34. The van der Waals surface area contributed by atoms with Crippen molar-refractivity contribution in [1.29, 1.82) is 0 Å². The highest BCUT2D eigenvalue weighted by Crippen LogP contribution is 2.29. The van der Waals surface area contributed by atoms with E-state index in [-0.39, 0.29) is 0 Å². The number of nitrogens with two attached hydrogens (primary N) is 1. The Bertz CT molecular complexity index is 550. The fourth-order valence-electron chi connectivity index (χ4n) is 1.65. The first-order chi connectivity index (χ1) is 8.06. The second-order valence-corrected chi connectivity index (χ2v) is 5.04. The summed E-state index contributed by atoms with van der Waals surface area (Å²) in [5.74, 6) is 0. The zero-order chi connectivity index (χ0) is 12.4. The molecule has 2 aromatic carbocycles. The van der Waals surface area contributed by atoms with Gasteiger partial charge < -0.3 is 11.1 Å². The minimum absolute atomic E-state index is 0.753. The molecular formula is C14H15BrN2. The molecule has 0 amide bonds. The lowest BCUT2D eigenvalue weighted by atomic mass is 10.1. The summed E-state index contributed by atoms with van der Waals surface area (Å²) in [6.07, 6.45) is 0. The van der Waals surface area contributed by atoms with Crippen molar-refractivity contribution >= 4 is 33.0 Å². The molecule has 17 heavy (non-hydrogen) atoms. The third-order valence-corrected chi connectivity index (χ3v) is 3.31. The van der Waals surface area contributed by atoms with Gasteiger partial charge in [0.25, 0.3) is 0 Å². The summed E-state index contributed by atoms with van der Waals surface area (Å²) >= 11 is 3.51. The molecule has 88 valence electrons. The maximum atomic E-state index is 5.72. The smallest absolute Gasteiger partial charge is 0.0530 e. The predicted molar refractivity (Wildman–Crippen MR) is 77.8 cm³/mol. The number of anilines is 3.